The number of carbonyl (C=O) groups excluding carboxylic acids is 2. The summed E-state index contributed by atoms with van der Waals surface area (Å²) in [6.45, 7) is 3.84. The maximum atomic E-state index is 10.9. The van der Waals surface area contributed by atoms with Gasteiger partial charge in [0.2, 0.25) is 5.78 Å². The molecule has 0 atom stereocenters. The van der Waals surface area contributed by atoms with Gasteiger partial charge in [0, 0.05) is 12.8 Å². The molecule has 0 aliphatic carbocycles. The van der Waals surface area contributed by atoms with E-state index < -0.39 is 0 Å². The molecule has 0 spiro atoms. The predicted octanol–water partition coefficient (Wildman–Crippen LogP) is 1.70. The van der Waals surface area contributed by atoms with Gasteiger partial charge in [-0.3, -0.25) is 9.59 Å². The van der Waals surface area contributed by atoms with Crippen LogP contribution in [0.25, 0.3) is 0 Å². The molecule has 0 aromatic rings. The summed E-state index contributed by atoms with van der Waals surface area (Å²) in [6, 6.07) is 0. The Morgan fingerprint density at radius 3 is 2.36 bits per heavy atom. The molecule has 0 amide bonds. The Balaban J connectivity index is 3.61. The Kier molecular flexibility index (Phi) is 7.53. The van der Waals surface area contributed by atoms with Crippen molar-refractivity contribution in [2.45, 2.75) is 39.5 Å². The lowest BCUT2D eigenvalue weighted by molar-refractivity contribution is -0.142. The van der Waals surface area contributed by atoms with Gasteiger partial charge in [-0.05, 0) is 18.8 Å². The maximum absolute atomic E-state index is 10.9. The summed E-state index contributed by atoms with van der Waals surface area (Å²) in [5.74, 6) is 4.57. The van der Waals surface area contributed by atoms with Gasteiger partial charge in [-0.2, -0.15) is 0 Å². The van der Waals surface area contributed by atoms with Crippen LogP contribution in [0.5, 0.6) is 0 Å². The minimum Gasteiger partial charge on any atom is -0.452 e. The Hall–Kier alpha value is -1.30. The molecule has 0 unspecified atom stereocenters. The summed E-state index contributed by atoms with van der Waals surface area (Å²) < 4.78 is 4.75. The van der Waals surface area contributed by atoms with E-state index in [1.54, 1.807) is 0 Å². The highest BCUT2D eigenvalue weighted by molar-refractivity contribution is 5.95. The van der Waals surface area contributed by atoms with Gasteiger partial charge in [-0.1, -0.05) is 19.8 Å². The number of esters is 1. The van der Waals surface area contributed by atoms with Gasteiger partial charge >= 0.3 is 5.97 Å². The van der Waals surface area contributed by atoms with E-state index in [-0.39, 0.29) is 18.4 Å². The van der Waals surface area contributed by atoms with Crippen LogP contribution in [-0.4, -0.2) is 18.4 Å². The molecule has 0 saturated carbocycles. The molecule has 0 saturated heterocycles. The minimum absolute atomic E-state index is 0.0221. The standard InChI is InChI=1S/C11H16O3/c1-3-6-10(12)8-5-9-14-11(13)7-4-2/h3-4,6-7,9H2,1-2H3. The van der Waals surface area contributed by atoms with E-state index in [4.69, 9.17) is 4.74 Å². The Morgan fingerprint density at radius 2 is 1.79 bits per heavy atom. The third kappa shape index (κ3) is 7.35. The van der Waals surface area contributed by atoms with Crippen LogP contribution in [0.4, 0.5) is 0 Å². The molecule has 0 heterocycles. The molecule has 3 nitrogen and oxygen atoms in total. The normalized spacial score (nSPS) is 8.71. The van der Waals surface area contributed by atoms with Crippen LogP contribution in [0.2, 0.25) is 0 Å². The average Bonchev–Trinajstić information content (AvgIpc) is 2.13. The van der Waals surface area contributed by atoms with E-state index in [0.29, 0.717) is 12.8 Å². The van der Waals surface area contributed by atoms with Gasteiger partial charge in [-0.15, -0.1) is 0 Å². The van der Waals surface area contributed by atoms with E-state index in [1.807, 2.05) is 13.8 Å². The van der Waals surface area contributed by atoms with Crippen LogP contribution in [0, 0.1) is 11.8 Å². The van der Waals surface area contributed by atoms with Crippen LogP contribution < -0.4 is 0 Å². The van der Waals surface area contributed by atoms with E-state index in [0.717, 1.165) is 12.8 Å². The van der Waals surface area contributed by atoms with Gasteiger partial charge in [0.05, 0.1) is 0 Å². The van der Waals surface area contributed by atoms with E-state index >= 15 is 0 Å². The van der Waals surface area contributed by atoms with Crippen LogP contribution in [0.3, 0.4) is 0 Å². The topological polar surface area (TPSA) is 43.4 Å². The molecule has 0 aromatic carbocycles. The van der Waals surface area contributed by atoms with Crippen LogP contribution in [0.15, 0.2) is 0 Å². The Morgan fingerprint density at radius 1 is 1.14 bits per heavy atom. The zero-order chi connectivity index (χ0) is 10.8. The van der Waals surface area contributed by atoms with Crippen molar-refractivity contribution in [1.29, 1.82) is 0 Å². The van der Waals surface area contributed by atoms with E-state index in [9.17, 15) is 9.59 Å². The fraction of sp³-hybridized carbons (Fsp3) is 0.636. The summed E-state index contributed by atoms with van der Waals surface area (Å²) in [7, 11) is 0. The minimum atomic E-state index is -0.259. The second kappa shape index (κ2) is 8.31. The largest absolute Gasteiger partial charge is 0.452 e. The highest BCUT2D eigenvalue weighted by atomic mass is 16.5. The van der Waals surface area contributed by atoms with E-state index in [1.165, 1.54) is 0 Å². The predicted molar refractivity (Wildman–Crippen MR) is 53.6 cm³/mol. The van der Waals surface area contributed by atoms with Crippen molar-refractivity contribution in [2.24, 2.45) is 0 Å². The maximum Gasteiger partial charge on any atom is 0.306 e. The molecule has 0 radical (unpaired) electrons. The zero-order valence-corrected chi connectivity index (χ0v) is 8.76. The molecule has 0 bridgehead atoms. The monoisotopic (exact) mass is 196 g/mol. The van der Waals surface area contributed by atoms with E-state index in [2.05, 4.69) is 11.8 Å². The SMILES string of the molecule is CCCC(=O)C#CCOC(=O)CCC. The number of ketones is 1. The molecule has 78 valence electrons. The van der Waals surface area contributed by atoms with Crippen LogP contribution in [-0.2, 0) is 14.3 Å². The summed E-state index contributed by atoms with van der Waals surface area (Å²) >= 11 is 0. The molecule has 14 heavy (non-hydrogen) atoms. The lowest BCUT2D eigenvalue weighted by Gasteiger charge is -1.96. The van der Waals surface area contributed by atoms with Crippen molar-refractivity contribution in [1.82, 2.24) is 0 Å². The number of ether oxygens (including phenoxy) is 1. The molecular formula is C11H16O3. The molecule has 3 heteroatoms. The first-order valence-corrected chi connectivity index (χ1v) is 4.88. The van der Waals surface area contributed by atoms with Crippen molar-refractivity contribution in [2.75, 3.05) is 6.61 Å². The van der Waals surface area contributed by atoms with Crippen LogP contribution in [0.1, 0.15) is 39.5 Å². The van der Waals surface area contributed by atoms with Crippen molar-refractivity contribution in [3.63, 3.8) is 0 Å². The number of Topliss-reactive ketones (excluding diaryl/α,β-unsaturated/α-hetero) is 1. The first-order valence-electron chi connectivity index (χ1n) is 4.88. The third-order valence-corrected chi connectivity index (χ3v) is 1.46. The molecule has 0 aromatic heterocycles. The van der Waals surface area contributed by atoms with Crippen molar-refractivity contribution >= 4 is 11.8 Å². The smallest absolute Gasteiger partial charge is 0.306 e. The number of rotatable bonds is 5. The number of carbonyl (C=O) groups is 2. The zero-order valence-electron chi connectivity index (χ0n) is 8.76. The van der Waals surface area contributed by atoms with Gasteiger partial charge in [0.15, 0.2) is 6.61 Å². The molecule has 0 fully saturated rings. The number of hydrogen-bond donors (Lipinski definition) is 0. The summed E-state index contributed by atoms with van der Waals surface area (Å²) in [5, 5.41) is 0. The van der Waals surface area contributed by atoms with Gasteiger partial charge in [0.1, 0.15) is 0 Å². The first kappa shape index (κ1) is 12.7. The van der Waals surface area contributed by atoms with Crippen molar-refractivity contribution < 1.29 is 14.3 Å². The summed E-state index contributed by atoms with van der Waals surface area (Å²) in [6.07, 6.45) is 2.44. The second-order valence-electron chi connectivity index (χ2n) is 2.89. The van der Waals surface area contributed by atoms with Crippen molar-refractivity contribution in [3.8, 4) is 11.8 Å². The molecule has 0 N–H and O–H groups in total. The summed E-state index contributed by atoms with van der Waals surface area (Å²) in [5.41, 5.74) is 0. The molecule has 0 rings (SSSR count). The van der Waals surface area contributed by atoms with Gasteiger partial charge in [-0.25, -0.2) is 0 Å². The average molecular weight is 196 g/mol. The molecule has 0 aliphatic heterocycles. The fourth-order valence-electron chi connectivity index (χ4n) is 0.817. The van der Waals surface area contributed by atoms with Crippen molar-refractivity contribution in [3.05, 3.63) is 0 Å². The third-order valence-electron chi connectivity index (χ3n) is 1.46. The second-order valence-corrected chi connectivity index (χ2v) is 2.89. The van der Waals surface area contributed by atoms with Gasteiger partial charge < -0.3 is 4.74 Å². The highest BCUT2D eigenvalue weighted by Crippen LogP contribution is 1.90. The molecular weight excluding hydrogens is 180 g/mol. The van der Waals surface area contributed by atoms with Crippen LogP contribution >= 0.6 is 0 Å². The molecule has 0 aliphatic rings. The number of hydrogen-bond acceptors (Lipinski definition) is 3. The summed E-state index contributed by atoms with van der Waals surface area (Å²) in [4.78, 5) is 21.7. The highest BCUT2D eigenvalue weighted by Gasteiger charge is 1.97. The first-order chi connectivity index (χ1) is 6.70. The fourth-order valence-corrected chi connectivity index (χ4v) is 0.817. The lowest BCUT2D eigenvalue weighted by Crippen LogP contribution is -2.03. The quantitative estimate of drug-likeness (QED) is 0.382. The Labute approximate surface area is 84.8 Å². The van der Waals surface area contributed by atoms with Gasteiger partial charge in [0.25, 0.3) is 0 Å². The lowest BCUT2D eigenvalue weighted by atomic mass is 10.2. The Bertz CT molecular complexity index is 245.